The summed E-state index contributed by atoms with van der Waals surface area (Å²) >= 11 is 11.8. The van der Waals surface area contributed by atoms with Crippen molar-refractivity contribution in [2.45, 2.75) is 58.3 Å². The zero-order chi connectivity index (χ0) is 16.9. The van der Waals surface area contributed by atoms with Crippen LogP contribution in [0.15, 0.2) is 24.3 Å². The SMILES string of the molecule is CCCCCCCCCCNC(=O)/C=C/c1ccc(Cl)c(Cl)c1. The van der Waals surface area contributed by atoms with Gasteiger partial charge >= 0.3 is 0 Å². The molecule has 0 aliphatic heterocycles. The second kappa shape index (κ2) is 12.4. The van der Waals surface area contributed by atoms with Crippen LogP contribution in [0.25, 0.3) is 6.08 Å². The molecule has 0 saturated carbocycles. The first-order chi connectivity index (χ1) is 11.1. The average molecular weight is 356 g/mol. The zero-order valence-corrected chi connectivity index (χ0v) is 15.4. The Balaban J connectivity index is 2.10. The van der Waals surface area contributed by atoms with Crippen molar-refractivity contribution in [3.63, 3.8) is 0 Å². The lowest BCUT2D eigenvalue weighted by atomic mass is 10.1. The highest BCUT2D eigenvalue weighted by Gasteiger charge is 1.98. The van der Waals surface area contributed by atoms with Crippen molar-refractivity contribution in [2.75, 3.05) is 6.54 Å². The van der Waals surface area contributed by atoms with Crippen molar-refractivity contribution < 1.29 is 4.79 Å². The summed E-state index contributed by atoms with van der Waals surface area (Å²) < 4.78 is 0. The first-order valence-electron chi connectivity index (χ1n) is 8.54. The van der Waals surface area contributed by atoms with Gasteiger partial charge in [-0.3, -0.25) is 4.79 Å². The van der Waals surface area contributed by atoms with Gasteiger partial charge < -0.3 is 5.32 Å². The van der Waals surface area contributed by atoms with E-state index in [4.69, 9.17) is 23.2 Å². The van der Waals surface area contributed by atoms with Crippen LogP contribution in [0.5, 0.6) is 0 Å². The molecule has 2 nitrogen and oxygen atoms in total. The van der Waals surface area contributed by atoms with Crippen LogP contribution in [-0.4, -0.2) is 12.5 Å². The number of halogens is 2. The lowest BCUT2D eigenvalue weighted by molar-refractivity contribution is -0.116. The molecule has 0 aromatic heterocycles. The van der Waals surface area contributed by atoms with Gasteiger partial charge in [0.1, 0.15) is 0 Å². The normalized spacial score (nSPS) is 11.1. The quantitative estimate of drug-likeness (QED) is 0.368. The first kappa shape index (κ1) is 20.1. The Morgan fingerprint density at radius 1 is 1.00 bits per heavy atom. The molecule has 0 spiro atoms. The minimum atomic E-state index is -0.0704. The molecule has 0 heterocycles. The third kappa shape index (κ3) is 9.68. The molecule has 23 heavy (non-hydrogen) atoms. The van der Waals surface area contributed by atoms with Crippen molar-refractivity contribution >= 4 is 35.2 Å². The van der Waals surface area contributed by atoms with Crippen LogP contribution in [0.1, 0.15) is 63.9 Å². The molecule has 0 aliphatic rings. The van der Waals surface area contributed by atoms with Gasteiger partial charge in [-0.2, -0.15) is 0 Å². The summed E-state index contributed by atoms with van der Waals surface area (Å²) in [7, 11) is 0. The fraction of sp³-hybridized carbons (Fsp3) is 0.526. The highest BCUT2D eigenvalue weighted by Crippen LogP contribution is 2.23. The van der Waals surface area contributed by atoms with Crippen LogP contribution in [0, 0.1) is 0 Å². The van der Waals surface area contributed by atoms with Crippen LogP contribution < -0.4 is 5.32 Å². The number of hydrogen-bond donors (Lipinski definition) is 1. The summed E-state index contributed by atoms with van der Waals surface area (Å²) in [6.45, 7) is 2.97. The lowest BCUT2D eigenvalue weighted by Gasteiger charge is -2.03. The Morgan fingerprint density at radius 3 is 2.30 bits per heavy atom. The van der Waals surface area contributed by atoms with Gasteiger partial charge in [0.25, 0.3) is 0 Å². The van der Waals surface area contributed by atoms with Crippen LogP contribution in [0.2, 0.25) is 10.0 Å². The summed E-state index contributed by atoms with van der Waals surface area (Å²) in [4.78, 5) is 11.7. The Labute approximate surface area is 150 Å². The van der Waals surface area contributed by atoms with E-state index in [1.807, 2.05) is 6.07 Å². The highest BCUT2D eigenvalue weighted by molar-refractivity contribution is 6.42. The third-order valence-corrected chi connectivity index (χ3v) is 4.44. The largest absolute Gasteiger partial charge is 0.353 e. The minimum absolute atomic E-state index is 0.0704. The summed E-state index contributed by atoms with van der Waals surface area (Å²) in [5, 5.41) is 3.92. The molecule has 0 aliphatic carbocycles. The minimum Gasteiger partial charge on any atom is -0.353 e. The molecule has 0 bridgehead atoms. The summed E-state index contributed by atoms with van der Waals surface area (Å²) in [5.74, 6) is -0.0704. The predicted molar refractivity (Wildman–Crippen MR) is 101 cm³/mol. The van der Waals surface area contributed by atoms with Crippen LogP contribution >= 0.6 is 23.2 Å². The highest BCUT2D eigenvalue weighted by atomic mass is 35.5. The molecule has 1 N–H and O–H groups in total. The van der Waals surface area contributed by atoms with Gasteiger partial charge in [0.15, 0.2) is 0 Å². The molecule has 0 unspecified atom stereocenters. The fourth-order valence-electron chi connectivity index (χ4n) is 2.32. The Hall–Kier alpha value is -0.990. The molecule has 0 radical (unpaired) electrons. The third-order valence-electron chi connectivity index (χ3n) is 3.70. The molecular formula is C19H27Cl2NO. The maximum absolute atomic E-state index is 11.7. The van der Waals surface area contributed by atoms with Gasteiger partial charge in [0.2, 0.25) is 5.91 Å². The second-order valence-electron chi connectivity index (χ2n) is 5.77. The number of amides is 1. The topological polar surface area (TPSA) is 29.1 Å². The molecule has 0 saturated heterocycles. The maximum Gasteiger partial charge on any atom is 0.243 e. The van der Waals surface area contributed by atoms with E-state index in [2.05, 4.69) is 12.2 Å². The predicted octanol–water partition coefficient (Wildman–Crippen LogP) is 6.26. The zero-order valence-electron chi connectivity index (χ0n) is 13.9. The number of carbonyl (C=O) groups excluding carboxylic acids is 1. The van der Waals surface area contributed by atoms with E-state index in [9.17, 15) is 4.79 Å². The van der Waals surface area contributed by atoms with Gasteiger partial charge in [0, 0.05) is 12.6 Å². The number of benzene rings is 1. The van der Waals surface area contributed by atoms with Gasteiger partial charge in [0.05, 0.1) is 10.0 Å². The number of nitrogens with one attached hydrogen (secondary N) is 1. The van der Waals surface area contributed by atoms with E-state index < -0.39 is 0 Å². The average Bonchev–Trinajstić information content (AvgIpc) is 2.54. The lowest BCUT2D eigenvalue weighted by Crippen LogP contribution is -2.21. The standard InChI is InChI=1S/C19H27Cl2NO/c1-2-3-4-5-6-7-8-9-14-22-19(23)13-11-16-10-12-17(20)18(21)15-16/h10-13,15H,2-9,14H2,1H3,(H,22,23)/b13-11+. The molecule has 1 amide bonds. The first-order valence-corrected chi connectivity index (χ1v) is 9.30. The van der Waals surface area contributed by atoms with Gasteiger partial charge in [-0.15, -0.1) is 0 Å². The molecule has 1 rings (SSSR count). The van der Waals surface area contributed by atoms with E-state index >= 15 is 0 Å². The molecular weight excluding hydrogens is 329 g/mol. The van der Waals surface area contributed by atoms with Crippen molar-refractivity contribution in [2.24, 2.45) is 0 Å². The van der Waals surface area contributed by atoms with Crippen molar-refractivity contribution in [1.82, 2.24) is 5.32 Å². The fourth-order valence-corrected chi connectivity index (χ4v) is 2.62. The summed E-state index contributed by atoms with van der Waals surface area (Å²) in [6, 6.07) is 5.30. The van der Waals surface area contributed by atoms with E-state index in [0.717, 1.165) is 18.5 Å². The van der Waals surface area contributed by atoms with Crippen molar-refractivity contribution in [3.05, 3.63) is 39.9 Å². The number of unbranched alkanes of at least 4 members (excludes halogenated alkanes) is 7. The van der Waals surface area contributed by atoms with E-state index in [1.165, 1.54) is 51.0 Å². The monoisotopic (exact) mass is 355 g/mol. The van der Waals surface area contributed by atoms with Crippen LogP contribution in [0.4, 0.5) is 0 Å². The molecule has 0 fully saturated rings. The summed E-state index contributed by atoms with van der Waals surface area (Å²) in [6.07, 6.45) is 13.4. The van der Waals surface area contributed by atoms with E-state index in [-0.39, 0.29) is 5.91 Å². The molecule has 4 heteroatoms. The maximum atomic E-state index is 11.7. The van der Waals surface area contributed by atoms with Gasteiger partial charge in [-0.1, -0.05) is 81.1 Å². The summed E-state index contributed by atoms with van der Waals surface area (Å²) in [5.41, 5.74) is 0.863. The Morgan fingerprint density at radius 2 is 1.65 bits per heavy atom. The molecule has 1 aromatic carbocycles. The van der Waals surface area contributed by atoms with Gasteiger partial charge in [-0.05, 0) is 30.2 Å². The van der Waals surface area contributed by atoms with Crippen LogP contribution in [0.3, 0.4) is 0 Å². The number of hydrogen-bond acceptors (Lipinski definition) is 1. The van der Waals surface area contributed by atoms with Crippen molar-refractivity contribution in [3.8, 4) is 0 Å². The molecule has 1 aromatic rings. The molecule has 0 atom stereocenters. The second-order valence-corrected chi connectivity index (χ2v) is 6.59. The molecule has 128 valence electrons. The van der Waals surface area contributed by atoms with Crippen molar-refractivity contribution in [1.29, 1.82) is 0 Å². The Bertz CT molecular complexity index is 500. The number of rotatable bonds is 11. The smallest absolute Gasteiger partial charge is 0.243 e. The van der Waals surface area contributed by atoms with E-state index in [0.29, 0.717) is 10.0 Å². The number of carbonyl (C=O) groups is 1. The Kier molecular flexibility index (Phi) is 10.8. The van der Waals surface area contributed by atoms with Crippen LogP contribution in [-0.2, 0) is 4.79 Å². The van der Waals surface area contributed by atoms with E-state index in [1.54, 1.807) is 18.2 Å². The van der Waals surface area contributed by atoms with Gasteiger partial charge in [-0.25, -0.2) is 0 Å².